The van der Waals surface area contributed by atoms with E-state index in [4.69, 9.17) is 14.4 Å². The molecule has 0 saturated carbocycles. The molecule has 1 saturated heterocycles. The van der Waals surface area contributed by atoms with E-state index in [1.54, 1.807) is 13.2 Å². The van der Waals surface area contributed by atoms with Gasteiger partial charge in [-0.2, -0.15) is 0 Å². The molecule has 118 valence electrons. The van der Waals surface area contributed by atoms with Crippen LogP contribution in [0.15, 0.2) is 23.1 Å². The van der Waals surface area contributed by atoms with Crippen molar-refractivity contribution < 1.29 is 19.2 Å². The first-order valence-corrected chi connectivity index (χ1v) is 7.01. The molecule has 2 heterocycles. The van der Waals surface area contributed by atoms with Crippen LogP contribution in [-0.4, -0.2) is 34.0 Å². The van der Waals surface area contributed by atoms with Gasteiger partial charge in [0, 0.05) is 30.8 Å². The minimum Gasteiger partial charge on any atom is -0.478 e. The maximum absolute atomic E-state index is 11.8. The highest BCUT2D eigenvalue weighted by Gasteiger charge is 2.52. The number of carboxylic acid groups (broad SMARTS) is 1. The van der Waals surface area contributed by atoms with Gasteiger partial charge in [0.05, 0.1) is 11.2 Å². The zero-order chi connectivity index (χ0) is 16.7. The Labute approximate surface area is 129 Å². The van der Waals surface area contributed by atoms with Crippen molar-refractivity contribution in [1.82, 2.24) is 4.57 Å². The predicted octanol–water partition coefficient (Wildman–Crippen LogP) is 0.782. The van der Waals surface area contributed by atoms with Crippen LogP contribution in [0.25, 0.3) is 6.08 Å². The first-order valence-electron chi connectivity index (χ1n) is 7.01. The monoisotopic (exact) mass is 305 g/mol. The number of carbonyl (C=O) groups is 1. The predicted molar refractivity (Wildman–Crippen MR) is 84.1 cm³/mol. The Kier molecular flexibility index (Phi) is 4.06. The minimum absolute atomic E-state index is 0.231. The lowest BCUT2D eigenvalue weighted by Gasteiger charge is -2.32. The van der Waals surface area contributed by atoms with Crippen LogP contribution in [0.4, 0.5) is 0 Å². The molecule has 0 amide bonds. The Balaban J connectivity index is 2.49. The number of aromatic nitrogens is 1. The molecule has 22 heavy (non-hydrogen) atoms. The van der Waals surface area contributed by atoms with Crippen molar-refractivity contribution in [1.29, 1.82) is 0 Å². The average molecular weight is 305 g/mol. The second kappa shape index (κ2) is 5.41. The van der Waals surface area contributed by atoms with Crippen LogP contribution < -0.4 is 11.0 Å². The number of nitrogens with zero attached hydrogens (tertiary/aromatic N) is 1. The summed E-state index contributed by atoms with van der Waals surface area (Å²) in [5.74, 6) is -1.08. The number of pyridine rings is 1. The third kappa shape index (κ3) is 3.00. The highest BCUT2D eigenvalue weighted by atomic mass is 16.7. The van der Waals surface area contributed by atoms with Gasteiger partial charge in [-0.05, 0) is 39.3 Å². The van der Waals surface area contributed by atoms with E-state index in [1.165, 1.54) is 16.7 Å². The van der Waals surface area contributed by atoms with Crippen LogP contribution in [0.5, 0.6) is 0 Å². The molecule has 2 rings (SSSR count). The van der Waals surface area contributed by atoms with Gasteiger partial charge in [0.25, 0.3) is 5.56 Å². The van der Waals surface area contributed by atoms with E-state index in [1.807, 2.05) is 27.7 Å². The average Bonchev–Trinajstić information content (AvgIpc) is 2.59. The molecule has 0 unspecified atom stereocenters. The molecule has 1 fully saturated rings. The lowest BCUT2D eigenvalue weighted by atomic mass is 9.77. The quantitative estimate of drug-likeness (QED) is 0.659. The molecule has 0 bridgehead atoms. The molecule has 6 nitrogen and oxygen atoms in total. The van der Waals surface area contributed by atoms with E-state index in [0.717, 1.165) is 6.08 Å². The zero-order valence-corrected chi connectivity index (χ0v) is 13.4. The van der Waals surface area contributed by atoms with Gasteiger partial charge in [0.15, 0.2) is 0 Å². The Hall–Kier alpha value is -1.86. The Morgan fingerprint density at radius 2 is 1.82 bits per heavy atom. The maximum atomic E-state index is 11.8. The Bertz CT molecular complexity index is 674. The van der Waals surface area contributed by atoms with Gasteiger partial charge >= 0.3 is 13.1 Å². The molecule has 0 aliphatic carbocycles. The Morgan fingerprint density at radius 1 is 1.27 bits per heavy atom. The minimum atomic E-state index is -1.08. The van der Waals surface area contributed by atoms with Crippen molar-refractivity contribution in [3.63, 3.8) is 0 Å². The lowest BCUT2D eigenvalue weighted by Crippen LogP contribution is -2.41. The van der Waals surface area contributed by atoms with Crippen LogP contribution in [-0.2, 0) is 21.2 Å². The molecular formula is C15H20BNO5. The normalized spacial score (nSPS) is 19.8. The molecular weight excluding hydrogens is 285 g/mol. The third-order valence-corrected chi connectivity index (χ3v) is 4.21. The van der Waals surface area contributed by atoms with E-state index in [9.17, 15) is 9.59 Å². The number of aryl methyl sites for hydroxylation is 1. The summed E-state index contributed by atoms with van der Waals surface area (Å²) in [4.78, 5) is 22.5. The summed E-state index contributed by atoms with van der Waals surface area (Å²) in [6.07, 6.45) is 3.99. The Morgan fingerprint density at radius 3 is 2.32 bits per heavy atom. The van der Waals surface area contributed by atoms with Crippen molar-refractivity contribution >= 4 is 24.6 Å². The molecule has 0 radical (unpaired) electrons. The summed E-state index contributed by atoms with van der Waals surface area (Å²) in [7, 11) is 0.965. The van der Waals surface area contributed by atoms with E-state index in [2.05, 4.69) is 0 Å². The van der Waals surface area contributed by atoms with E-state index < -0.39 is 24.3 Å². The summed E-state index contributed by atoms with van der Waals surface area (Å²) in [5, 5.41) is 8.79. The zero-order valence-electron chi connectivity index (χ0n) is 13.4. The maximum Gasteiger partial charge on any atom is 0.496 e. The number of hydrogen-bond acceptors (Lipinski definition) is 4. The molecule has 7 heteroatoms. The molecule has 1 aliphatic heterocycles. The molecule has 0 atom stereocenters. The summed E-state index contributed by atoms with van der Waals surface area (Å²) < 4.78 is 13.4. The molecule has 1 aliphatic rings. The fourth-order valence-corrected chi connectivity index (χ4v) is 2.14. The SMILES string of the molecule is Cn1cc(B2OC(C)(C)C(C)(C)O2)c(/C=C/C(=O)O)cc1=O. The van der Waals surface area contributed by atoms with E-state index in [0.29, 0.717) is 11.0 Å². The van der Waals surface area contributed by atoms with Crippen LogP contribution in [0.2, 0.25) is 0 Å². The number of rotatable bonds is 3. The van der Waals surface area contributed by atoms with Gasteiger partial charge in [-0.3, -0.25) is 4.79 Å². The molecule has 1 aromatic rings. The molecule has 0 spiro atoms. The van der Waals surface area contributed by atoms with Crippen LogP contribution in [0, 0.1) is 0 Å². The van der Waals surface area contributed by atoms with E-state index in [-0.39, 0.29) is 5.56 Å². The van der Waals surface area contributed by atoms with Gasteiger partial charge in [-0.25, -0.2) is 4.79 Å². The highest BCUT2D eigenvalue weighted by molar-refractivity contribution is 6.63. The summed E-state index contributed by atoms with van der Waals surface area (Å²) in [5.41, 5.74) is -0.159. The van der Waals surface area contributed by atoms with Gasteiger partial charge in [0.2, 0.25) is 0 Å². The number of hydrogen-bond donors (Lipinski definition) is 1. The van der Waals surface area contributed by atoms with Gasteiger partial charge in [0.1, 0.15) is 0 Å². The molecule has 1 aromatic heterocycles. The lowest BCUT2D eigenvalue weighted by molar-refractivity contribution is -0.131. The summed E-state index contributed by atoms with van der Waals surface area (Å²) in [6.45, 7) is 7.73. The second-order valence-electron chi connectivity index (χ2n) is 6.39. The van der Waals surface area contributed by atoms with Gasteiger partial charge in [-0.1, -0.05) is 0 Å². The van der Waals surface area contributed by atoms with Gasteiger partial charge in [-0.15, -0.1) is 0 Å². The smallest absolute Gasteiger partial charge is 0.478 e. The first-order chi connectivity index (χ1) is 10.0. The van der Waals surface area contributed by atoms with Crippen LogP contribution in [0.1, 0.15) is 33.3 Å². The standard InChI is InChI=1S/C15H20BNO5/c1-14(2)15(3,4)22-16(21-14)11-9-17(5)12(18)8-10(11)6-7-13(19)20/h6-9H,1-5H3,(H,19,20)/b7-6+. The van der Waals surface area contributed by atoms with Crippen molar-refractivity contribution in [3.05, 3.63) is 34.3 Å². The summed E-state index contributed by atoms with van der Waals surface area (Å²) in [6, 6.07) is 1.37. The van der Waals surface area contributed by atoms with Crippen molar-refractivity contribution in [2.24, 2.45) is 7.05 Å². The number of carboxylic acids is 1. The molecule has 1 N–H and O–H groups in total. The van der Waals surface area contributed by atoms with Crippen LogP contribution in [0.3, 0.4) is 0 Å². The summed E-state index contributed by atoms with van der Waals surface area (Å²) >= 11 is 0. The fourth-order valence-electron chi connectivity index (χ4n) is 2.14. The van der Waals surface area contributed by atoms with Gasteiger partial charge < -0.3 is 19.0 Å². The topological polar surface area (TPSA) is 77.8 Å². The largest absolute Gasteiger partial charge is 0.496 e. The first kappa shape index (κ1) is 16.5. The highest BCUT2D eigenvalue weighted by Crippen LogP contribution is 2.36. The van der Waals surface area contributed by atoms with Crippen molar-refractivity contribution in [2.45, 2.75) is 38.9 Å². The molecule has 0 aromatic carbocycles. The third-order valence-electron chi connectivity index (χ3n) is 4.21. The number of aliphatic carboxylic acids is 1. The van der Waals surface area contributed by atoms with E-state index >= 15 is 0 Å². The second-order valence-corrected chi connectivity index (χ2v) is 6.39. The fraction of sp³-hybridized carbons (Fsp3) is 0.467. The van der Waals surface area contributed by atoms with Crippen LogP contribution >= 0.6 is 0 Å². The van der Waals surface area contributed by atoms with Crippen molar-refractivity contribution in [3.8, 4) is 0 Å². The van der Waals surface area contributed by atoms with Crippen molar-refractivity contribution in [2.75, 3.05) is 0 Å².